The maximum atomic E-state index is 11.5. The Morgan fingerprint density at radius 2 is 1.92 bits per heavy atom. The van der Waals surface area contributed by atoms with Crippen LogP contribution in [0.1, 0.15) is 31.9 Å². The fraction of sp³-hybridized carbons (Fsp3) is 0.562. The lowest BCUT2D eigenvalue weighted by Gasteiger charge is -2.20. The minimum absolute atomic E-state index is 0. The van der Waals surface area contributed by atoms with Crippen molar-refractivity contribution in [3.05, 3.63) is 35.9 Å². The van der Waals surface area contributed by atoms with Gasteiger partial charge in [0.1, 0.15) is 0 Å². The van der Waals surface area contributed by atoms with Crippen LogP contribution in [0.15, 0.2) is 35.3 Å². The first-order valence-corrected chi connectivity index (χ1v) is 9.70. The van der Waals surface area contributed by atoms with Gasteiger partial charge in [0.15, 0.2) is 5.96 Å². The molecule has 24 heavy (non-hydrogen) atoms. The number of aliphatic imine (C=N–C) groups is 1. The Labute approximate surface area is 163 Å². The molecule has 0 radical (unpaired) electrons. The molecule has 6 nitrogen and oxygen atoms in total. The maximum Gasteiger partial charge on any atom is 0.211 e. The van der Waals surface area contributed by atoms with Gasteiger partial charge < -0.3 is 10.6 Å². The Hall–Kier alpha value is -0.870. The summed E-state index contributed by atoms with van der Waals surface area (Å²) in [5.74, 6) is 0.712. The number of halogens is 1. The zero-order valence-electron chi connectivity index (χ0n) is 14.8. The molecule has 138 valence electrons. The molecule has 0 aliphatic carbocycles. The summed E-state index contributed by atoms with van der Waals surface area (Å²) in [7, 11) is -1.39. The predicted molar refractivity (Wildman–Crippen MR) is 111 cm³/mol. The smallest absolute Gasteiger partial charge is 0.211 e. The molecule has 1 unspecified atom stereocenters. The molecule has 0 aliphatic rings. The molecule has 1 aromatic rings. The van der Waals surface area contributed by atoms with E-state index in [9.17, 15) is 8.42 Å². The second kappa shape index (κ2) is 11.6. The Balaban J connectivity index is 0.00000529. The van der Waals surface area contributed by atoms with Crippen molar-refractivity contribution in [2.24, 2.45) is 4.99 Å². The van der Waals surface area contributed by atoms with Gasteiger partial charge in [0.05, 0.1) is 12.3 Å². The van der Waals surface area contributed by atoms with Crippen molar-refractivity contribution in [1.82, 2.24) is 14.9 Å². The second-order valence-electron chi connectivity index (χ2n) is 5.38. The quantitative estimate of drug-likeness (QED) is 0.266. The van der Waals surface area contributed by atoms with Gasteiger partial charge in [-0.25, -0.2) is 12.7 Å². The number of hydrogen-bond donors (Lipinski definition) is 2. The summed E-state index contributed by atoms with van der Waals surface area (Å²) in [5, 5.41) is 6.54. The molecule has 0 heterocycles. The van der Waals surface area contributed by atoms with E-state index in [0.717, 1.165) is 6.42 Å². The number of nitrogens with one attached hydrogen (secondary N) is 2. The van der Waals surface area contributed by atoms with E-state index < -0.39 is 10.0 Å². The van der Waals surface area contributed by atoms with Gasteiger partial charge in [0.25, 0.3) is 0 Å². The molecule has 0 aliphatic heterocycles. The summed E-state index contributed by atoms with van der Waals surface area (Å²) < 4.78 is 24.5. The van der Waals surface area contributed by atoms with Gasteiger partial charge in [-0.3, -0.25) is 4.99 Å². The van der Waals surface area contributed by atoms with E-state index in [-0.39, 0.29) is 30.0 Å². The number of hydrogen-bond acceptors (Lipinski definition) is 3. The van der Waals surface area contributed by atoms with Gasteiger partial charge in [-0.05, 0) is 18.9 Å². The minimum Gasteiger partial charge on any atom is -0.356 e. The second-order valence-corrected chi connectivity index (χ2v) is 7.37. The lowest BCUT2D eigenvalue weighted by molar-refractivity contribution is 0.424. The third kappa shape index (κ3) is 8.29. The van der Waals surface area contributed by atoms with Crippen LogP contribution >= 0.6 is 24.0 Å². The fourth-order valence-electron chi connectivity index (χ4n) is 2.25. The number of sulfonamides is 1. The first kappa shape index (κ1) is 23.1. The van der Waals surface area contributed by atoms with Crippen molar-refractivity contribution in [3.63, 3.8) is 0 Å². The first-order valence-electron chi connectivity index (χ1n) is 7.85. The lowest BCUT2D eigenvalue weighted by atomic mass is 10.1. The lowest BCUT2D eigenvalue weighted by Crippen LogP contribution is -2.40. The standard InChI is InChI=1S/C16H28N4O2S.HI/c1-5-20(23(4,21)22)13-9-12-18-16(17-3)19-14(2)15-10-7-6-8-11-15;/h6-8,10-11,14H,5,9,12-13H2,1-4H3,(H2,17,18,19);1H. The van der Waals surface area contributed by atoms with Gasteiger partial charge in [-0.1, -0.05) is 37.3 Å². The molecule has 0 amide bonds. The topological polar surface area (TPSA) is 73.8 Å². The monoisotopic (exact) mass is 468 g/mol. The van der Waals surface area contributed by atoms with Crippen LogP contribution in [0.2, 0.25) is 0 Å². The van der Waals surface area contributed by atoms with E-state index in [1.165, 1.54) is 16.1 Å². The van der Waals surface area contributed by atoms with E-state index in [1.807, 2.05) is 25.1 Å². The highest BCUT2D eigenvalue weighted by Crippen LogP contribution is 2.10. The average Bonchev–Trinajstić information content (AvgIpc) is 2.53. The molecule has 1 aromatic carbocycles. The van der Waals surface area contributed by atoms with Crippen LogP contribution in [0.4, 0.5) is 0 Å². The first-order chi connectivity index (χ1) is 10.9. The van der Waals surface area contributed by atoms with E-state index in [2.05, 4.69) is 34.7 Å². The summed E-state index contributed by atoms with van der Waals surface area (Å²) in [5.41, 5.74) is 1.18. The normalized spacial score (nSPS) is 13.3. The van der Waals surface area contributed by atoms with Crippen molar-refractivity contribution in [1.29, 1.82) is 0 Å². The Bertz CT molecular complexity index is 593. The van der Waals surface area contributed by atoms with Crippen molar-refractivity contribution in [3.8, 4) is 0 Å². The summed E-state index contributed by atoms with van der Waals surface area (Å²) >= 11 is 0. The van der Waals surface area contributed by atoms with Gasteiger partial charge in [-0.2, -0.15) is 0 Å². The Morgan fingerprint density at radius 1 is 1.29 bits per heavy atom. The molecule has 0 spiro atoms. The van der Waals surface area contributed by atoms with Crippen LogP contribution < -0.4 is 10.6 Å². The van der Waals surface area contributed by atoms with Crippen LogP contribution in [0.3, 0.4) is 0 Å². The van der Waals surface area contributed by atoms with Crippen LogP contribution in [-0.4, -0.2) is 51.6 Å². The highest BCUT2D eigenvalue weighted by atomic mass is 127. The zero-order valence-corrected chi connectivity index (χ0v) is 18.0. The van der Waals surface area contributed by atoms with Crippen LogP contribution in [0, 0.1) is 0 Å². The van der Waals surface area contributed by atoms with Crippen molar-refractivity contribution >= 4 is 40.0 Å². The summed E-state index contributed by atoms with van der Waals surface area (Å²) in [6, 6.07) is 10.3. The van der Waals surface area contributed by atoms with Gasteiger partial charge in [-0.15, -0.1) is 24.0 Å². The number of nitrogens with zero attached hydrogens (tertiary/aromatic N) is 2. The van der Waals surface area contributed by atoms with E-state index in [0.29, 0.717) is 25.6 Å². The Morgan fingerprint density at radius 3 is 2.42 bits per heavy atom. The molecule has 0 bridgehead atoms. The number of benzene rings is 1. The molecule has 2 N–H and O–H groups in total. The molecule has 0 saturated heterocycles. The molecule has 1 rings (SSSR count). The van der Waals surface area contributed by atoms with Crippen LogP contribution in [0.25, 0.3) is 0 Å². The molecule has 0 aromatic heterocycles. The third-order valence-electron chi connectivity index (χ3n) is 3.57. The SMILES string of the molecule is CCN(CCCNC(=NC)NC(C)c1ccccc1)S(C)(=O)=O.I. The van der Waals surface area contributed by atoms with E-state index >= 15 is 0 Å². The van der Waals surface area contributed by atoms with Crippen LogP contribution in [0.5, 0.6) is 0 Å². The Kier molecular flexibility index (Phi) is 11.2. The molecule has 8 heteroatoms. The molecule has 0 fully saturated rings. The van der Waals surface area contributed by atoms with Crippen LogP contribution in [-0.2, 0) is 10.0 Å². The molecular formula is C16H29IN4O2S. The highest BCUT2D eigenvalue weighted by Gasteiger charge is 2.13. The third-order valence-corrected chi connectivity index (χ3v) is 4.95. The van der Waals surface area contributed by atoms with E-state index in [4.69, 9.17) is 0 Å². The van der Waals surface area contributed by atoms with Gasteiger partial charge >= 0.3 is 0 Å². The average molecular weight is 468 g/mol. The maximum absolute atomic E-state index is 11.5. The molecule has 1 atom stereocenters. The largest absolute Gasteiger partial charge is 0.356 e. The van der Waals surface area contributed by atoms with Gasteiger partial charge in [0.2, 0.25) is 10.0 Å². The van der Waals surface area contributed by atoms with Crippen molar-refractivity contribution in [2.75, 3.05) is 32.9 Å². The van der Waals surface area contributed by atoms with Crippen molar-refractivity contribution in [2.45, 2.75) is 26.3 Å². The van der Waals surface area contributed by atoms with Gasteiger partial charge in [0, 0.05) is 26.7 Å². The number of guanidine groups is 1. The predicted octanol–water partition coefficient (Wildman–Crippen LogP) is 2.20. The summed E-state index contributed by atoms with van der Waals surface area (Å²) in [4.78, 5) is 4.20. The highest BCUT2D eigenvalue weighted by molar-refractivity contribution is 14.0. The fourth-order valence-corrected chi connectivity index (χ4v) is 3.18. The van der Waals surface area contributed by atoms with Crippen molar-refractivity contribution < 1.29 is 8.42 Å². The summed E-state index contributed by atoms with van der Waals surface area (Å²) in [6.07, 6.45) is 1.97. The zero-order chi connectivity index (χ0) is 17.3. The summed E-state index contributed by atoms with van der Waals surface area (Å²) in [6.45, 7) is 5.58. The number of rotatable bonds is 8. The molecule has 0 saturated carbocycles. The minimum atomic E-state index is -3.12. The molecular weight excluding hydrogens is 439 g/mol. The van der Waals surface area contributed by atoms with E-state index in [1.54, 1.807) is 7.05 Å².